The van der Waals surface area contributed by atoms with Crippen molar-refractivity contribution in [1.82, 2.24) is 20.2 Å². The summed E-state index contributed by atoms with van der Waals surface area (Å²) < 4.78 is 5.65. The van der Waals surface area contributed by atoms with Crippen LogP contribution in [-0.2, 0) is 6.42 Å². The van der Waals surface area contributed by atoms with Crippen molar-refractivity contribution < 1.29 is 9.53 Å². The van der Waals surface area contributed by atoms with Crippen LogP contribution in [0.1, 0.15) is 57.6 Å². The Morgan fingerprint density at radius 1 is 1.12 bits per heavy atom. The number of amides is 1. The number of hydrogen-bond donors (Lipinski definition) is 3. The summed E-state index contributed by atoms with van der Waals surface area (Å²) in [5.41, 5.74) is 15.4. The standard InChI is InChI=1S/C32H39N7O2/c1-19-6-9-24(20(2)16-19)30(34-3)28-25(33)10-7-22-18-35-32(38-29(22)28)37-26-11-8-21(17-27(26)41-5)31(40)36-23-12-14-39(4)15-13-23/h6,8-9,11,16-18,23H,7,10,12-15,33H2,1-5H3,(H,36,40)(H,35,37,38). The minimum atomic E-state index is -0.0996. The number of hydrogen-bond acceptors (Lipinski definition) is 8. The molecule has 9 heteroatoms. The van der Waals surface area contributed by atoms with E-state index < -0.39 is 0 Å². The molecule has 1 aliphatic heterocycles. The molecule has 0 bridgehead atoms. The van der Waals surface area contributed by atoms with E-state index in [2.05, 4.69) is 64.6 Å². The number of likely N-dealkylation sites (tertiary alicyclic amines) is 1. The highest BCUT2D eigenvalue weighted by atomic mass is 16.5. The summed E-state index contributed by atoms with van der Waals surface area (Å²) in [4.78, 5) is 29.4. The fraction of sp³-hybridized carbons (Fsp3) is 0.375. The lowest BCUT2D eigenvalue weighted by atomic mass is 9.87. The van der Waals surface area contributed by atoms with Gasteiger partial charge in [-0.2, -0.15) is 0 Å². The highest BCUT2D eigenvalue weighted by Gasteiger charge is 2.26. The molecule has 4 N–H and O–H groups in total. The second-order valence-corrected chi connectivity index (χ2v) is 10.9. The third kappa shape index (κ3) is 6.10. The van der Waals surface area contributed by atoms with E-state index >= 15 is 0 Å². The summed E-state index contributed by atoms with van der Waals surface area (Å²) in [6, 6.07) is 11.9. The molecule has 41 heavy (non-hydrogen) atoms. The smallest absolute Gasteiger partial charge is 0.251 e. The van der Waals surface area contributed by atoms with Gasteiger partial charge in [0.15, 0.2) is 0 Å². The molecule has 2 aliphatic rings. The minimum absolute atomic E-state index is 0.0996. The number of ether oxygens (including phenoxy) is 1. The molecular formula is C32H39N7O2. The lowest BCUT2D eigenvalue weighted by Crippen LogP contribution is -2.43. The van der Waals surface area contributed by atoms with E-state index in [9.17, 15) is 4.79 Å². The summed E-state index contributed by atoms with van der Waals surface area (Å²) in [6.45, 7) is 6.13. The third-order valence-electron chi connectivity index (χ3n) is 7.95. The fourth-order valence-corrected chi connectivity index (χ4v) is 5.60. The second-order valence-electron chi connectivity index (χ2n) is 10.9. The van der Waals surface area contributed by atoms with Crippen molar-refractivity contribution in [3.05, 3.63) is 81.8 Å². The van der Waals surface area contributed by atoms with Crippen LogP contribution in [0.15, 0.2) is 53.3 Å². The zero-order valence-corrected chi connectivity index (χ0v) is 24.5. The molecule has 0 radical (unpaired) electrons. The molecule has 1 fully saturated rings. The number of anilines is 2. The highest BCUT2D eigenvalue weighted by molar-refractivity contribution is 6.33. The number of aliphatic imine (C=N–C) groups is 1. The number of carbonyl (C=O) groups is 1. The Morgan fingerprint density at radius 3 is 2.61 bits per heavy atom. The highest BCUT2D eigenvalue weighted by Crippen LogP contribution is 2.34. The van der Waals surface area contributed by atoms with Crippen LogP contribution in [0.25, 0.3) is 5.57 Å². The van der Waals surface area contributed by atoms with E-state index in [0.717, 1.165) is 78.1 Å². The van der Waals surface area contributed by atoms with Crippen LogP contribution < -0.4 is 21.1 Å². The summed E-state index contributed by atoms with van der Waals surface area (Å²) in [5, 5.41) is 6.45. The Labute approximate surface area is 241 Å². The van der Waals surface area contributed by atoms with Crippen LogP contribution in [0.2, 0.25) is 0 Å². The number of allylic oxidation sites excluding steroid dienone is 2. The van der Waals surface area contributed by atoms with Gasteiger partial charge < -0.3 is 26.0 Å². The number of carbonyl (C=O) groups excluding carboxylic acids is 1. The number of piperidine rings is 1. The molecule has 0 spiro atoms. The molecule has 1 saturated heterocycles. The van der Waals surface area contributed by atoms with Crippen molar-refractivity contribution in [2.75, 3.05) is 39.6 Å². The van der Waals surface area contributed by atoms with Crippen molar-refractivity contribution in [2.24, 2.45) is 10.7 Å². The summed E-state index contributed by atoms with van der Waals surface area (Å²) in [7, 11) is 5.48. The number of nitrogens with zero attached hydrogens (tertiary/aromatic N) is 4. The normalized spacial score (nSPS) is 16.4. The molecule has 214 valence electrons. The summed E-state index contributed by atoms with van der Waals surface area (Å²) >= 11 is 0. The van der Waals surface area contributed by atoms with Gasteiger partial charge in [-0.15, -0.1) is 0 Å². The molecule has 0 saturated carbocycles. The predicted molar refractivity (Wildman–Crippen MR) is 164 cm³/mol. The predicted octanol–water partition coefficient (Wildman–Crippen LogP) is 4.40. The maximum Gasteiger partial charge on any atom is 0.251 e. The Morgan fingerprint density at radius 2 is 1.90 bits per heavy atom. The third-order valence-corrected chi connectivity index (χ3v) is 7.95. The van der Waals surface area contributed by atoms with E-state index in [-0.39, 0.29) is 11.9 Å². The molecule has 0 unspecified atom stereocenters. The van der Waals surface area contributed by atoms with Crippen LogP contribution in [0.3, 0.4) is 0 Å². The quantitative estimate of drug-likeness (QED) is 0.371. The lowest BCUT2D eigenvalue weighted by molar-refractivity contribution is 0.0916. The molecule has 3 aromatic rings. The Bertz CT molecular complexity index is 1520. The van der Waals surface area contributed by atoms with Crippen LogP contribution in [0, 0.1) is 13.8 Å². The van der Waals surface area contributed by atoms with E-state index in [1.165, 1.54) is 5.56 Å². The van der Waals surface area contributed by atoms with E-state index in [4.69, 9.17) is 15.5 Å². The zero-order chi connectivity index (χ0) is 29.1. The molecule has 0 atom stereocenters. The number of benzene rings is 2. The SMILES string of the molecule is CN=C(C1=C(N)CCc2cnc(Nc3ccc(C(=O)NC4CCN(C)CC4)cc3OC)nc21)c1ccc(C)cc1C. The molecule has 9 nitrogen and oxygen atoms in total. The van der Waals surface area contributed by atoms with Crippen molar-refractivity contribution in [2.45, 2.75) is 45.6 Å². The van der Waals surface area contributed by atoms with Crippen molar-refractivity contribution in [1.29, 1.82) is 0 Å². The van der Waals surface area contributed by atoms with Crippen molar-refractivity contribution in [3.8, 4) is 5.75 Å². The molecular weight excluding hydrogens is 514 g/mol. The van der Waals surface area contributed by atoms with Gasteiger partial charge in [-0.25, -0.2) is 9.97 Å². The number of rotatable bonds is 7. The zero-order valence-electron chi connectivity index (χ0n) is 24.5. The van der Waals surface area contributed by atoms with Gasteiger partial charge in [-0.05, 0) is 89.0 Å². The van der Waals surface area contributed by atoms with Gasteiger partial charge in [0, 0.05) is 41.7 Å². The first-order valence-electron chi connectivity index (χ1n) is 14.1. The average Bonchev–Trinajstić information content (AvgIpc) is 2.96. The Hall–Kier alpha value is -4.24. The first kappa shape index (κ1) is 28.3. The number of nitrogens with two attached hydrogens (primary N) is 1. The van der Waals surface area contributed by atoms with E-state index in [1.807, 2.05) is 12.3 Å². The summed E-state index contributed by atoms with van der Waals surface area (Å²) in [5.74, 6) is 0.843. The van der Waals surface area contributed by atoms with E-state index in [0.29, 0.717) is 22.9 Å². The maximum atomic E-state index is 13.0. The van der Waals surface area contributed by atoms with Gasteiger partial charge >= 0.3 is 0 Å². The molecule has 1 aromatic heterocycles. The first-order chi connectivity index (χ1) is 19.8. The van der Waals surface area contributed by atoms with Crippen molar-refractivity contribution >= 4 is 28.8 Å². The first-order valence-corrected chi connectivity index (χ1v) is 14.1. The largest absolute Gasteiger partial charge is 0.495 e. The van der Waals surface area contributed by atoms with E-state index in [1.54, 1.807) is 26.3 Å². The second kappa shape index (κ2) is 12.1. The van der Waals surface area contributed by atoms with Gasteiger partial charge in [0.25, 0.3) is 5.91 Å². The number of aromatic nitrogens is 2. The average molecular weight is 554 g/mol. The van der Waals surface area contributed by atoms with Gasteiger partial charge in [0.1, 0.15) is 5.75 Å². The molecule has 1 amide bonds. The van der Waals surface area contributed by atoms with Gasteiger partial charge in [0.05, 0.1) is 24.2 Å². The number of aryl methyl sites for hydroxylation is 3. The summed E-state index contributed by atoms with van der Waals surface area (Å²) in [6.07, 6.45) is 5.23. The van der Waals surface area contributed by atoms with Crippen molar-refractivity contribution in [3.63, 3.8) is 0 Å². The number of nitrogens with one attached hydrogen (secondary N) is 2. The van der Waals surface area contributed by atoms with Gasteiger partial charge in [-0.3, -0.25) is 9.79 Å². The number of fused-ring (bicyclic) bond motifs is 1. The van der Waals surface area contributed by atoms with Gasteiger partial charge in [-0.1, -0.05) is 23.8 Å². The minimum Gasteiger partial charge on any atom is -0.495 e. The topological polar surface area (TPSA) is 118 Å². The molecule has 5 rings (SSSR count). The van der Waals surface area contributed by atoms with Gasteiger partial charge in [0.2, 0.25) is 5.95 Å². The fourth-order valence-electron chi connectivity index (χ4n) is 5.60. The molecule has 2 aromatic carbocycles. The van der Waals surface area contributed by atoms with Crippen LogP contribution in [0.5, 0.6) is 5.75 Å². The molecule has 1 aliphatic carbocycles. The van der Waals surface area contributed by atoms with Crippen LogP contribution >= 0.6 is 0 Å². The molecule has 2 heterocycles. The lowest BCUT2D eigenvalue weighted by Gasteiger charge is -2.29. The number of methoxy groups -OCH3 is 1. The van der Waals surface area contributed by atoms with Crippen LogP contribution in [-0.4, -0.2) is 66.8 Å². The maximum absolute atomic E-state index is 13.0. The Balaban J connectivity index is 1.41. The van der Waals surface area contributed by atoms with Crippen LogP contribution in [0.4, 0.5) is 11.6 Å². The monoisotopic (exact) mass is 553 g/mol. The Kier molecular flexibility index (Phi) is 8.35.